The maximum absolute atomic E-state index is 5.23. The smallest absolute Gasteiger partial charge is 0.160 e. The summed E-state index contributed by atoms with van der Waals surface area (Å²) in [4.78, 5) is 15.0. The van der Waals surface area contributed by atoms with Crippen LogP contribution in [-0.4, -0.2) is 15.0 Å². The highest BCUT2D eigenvalue weighted by molar-refractivity contribution is 6.15. The van der Waals surface area contributed by atoms with Crippen LogP contribution >= 0.6 is 0 Å². The van der Waals surface area contributed by atoms with Gasteiger partial charge in [0.1, 0.15) is 0 Å². The van der Waals surface area contributed by atoms with E-state index < -0.39 is 0 Å². The van der Waals surface area contributed by atoms with Gasteiger partial charge < -0.3 is 0 Å². The predicted octanol–water partition coefficient (Wildman–Crippen LogP) is 12.2. The van der Waals surface area contributed by atoms with Gasteiger partial charge in [0.15, 0.2) is 5.82 Å². The summed E-state index contributed by atoms with van der Waals surface area (Å²) >= 11 is 0. The maximum Gasteiger partial charge on any atom is 0.160 e. The van der Waals surface area contributed by atoms with Crippen molar-refractivity contribution >= 4 is 27.6 Å². The van der Waals surface area contributed by atoms with Crippen LogP contribution in [-0.2, 0) is 0 Å². The average molecular weight is 678 g/mol. The Morgan fingerprint density at radius 3 is 1.85 bits per heavy atom. The van der Waals surface area contributed by atoms with Crippen LogP contribution in [0, 0.1) is 6.92 Å². The molecule has 0 aliphatic carbocycles. The van der Waals surface area contributed by atoms with Crippen LogP contribution in [0.2, 0.25) is 0 Å². The average Bonchev–Trinajstić information content (AvgIpc) is 3.22. The molecular weight excluding hydrogens is 643 g/mol. The van der Waals surface area contributed by atoms with Crippen molar-refractivity contribution in [1.29, 1.82) is 0 Å². The van der Waals surface area contributed by atoms with E-state index in [1.165, 1.54) is 21.5 Å². The van der Waals surface area contributed by atoms with E-state index in [4.69, 9.17) is 9.97 Å². The standard InChI is InChI=1S/C50H35N3/c1-3-12-35-24-25-39-17-10-18-46-44(26-27-45(35)49(39)46)41-29-40(34-20-22-36(23-21-34)43-19-11-28-51-33(43)2)30-42(31-41)50-52-47(37-13-6-4-7-14-37)32-48(53-50)38-15-8-5-9-16-38/h3-32H,1H2,2H3/b35-12-. The van der Waals surface area contributed by atoms with Crippen LogP contribution in [0.15, 0.2) is 183 Å². The van der Waals surface area contributed by atoms with Crippen molar-refractivity contribution < 1.29 is 0 Å². The summed E-state index contributed by atoms with van der Waals surface area (Å²) < 4.78 is 0. The van der Waals surface area contributed by atoms with Gasteiger partial charge in [-0.15, -0.1) is 0 Å². The zero-order valence-electron chi connectivity index (χ0n) is 29.4. The molecule has 9 rings (SSSR count). The largest absolute Gasteiger partial charge is 0.261 e. The zero-order chi connectivity index (χ0) is 35.7. The Balaban J connectivity index is 1.28. The van der Waals surface area contributed by atoms with Crippen molar-refractivity contribution in [2.75, 3.05) is 0 Å². The molecule has 53 heavy (non-hydrogen) atoms. The number of aryl methyl sites for hydroxylation is 1. The molecule has 0 amide bonds. The fourth-order valence-corrected chi connectivity index (χ4v) is 7.41. The Labute approximate surface area is 309 Å². The van der Waals surface area contributed by atoms with Gasteiger partial charge in [0.25, 0.3) is 0 Å². The van der Waals surface area contributed by atoms with E-state index in [0.29, 0.717) is 5.82 Å². The second kappa shape index (κ2) is 13.6. The monoisotopic (exact) mass is 677 g/mol. The number of nitrogens with zero attached hydrogens (tertiary/aromatic N) is 3. The number of aromatic nitrogens is 3. The lowest BCUT2D eigenvalue weighted by atomic mass is 9.89. The first-order valence-corrected chi connectivity index (χ1v) is 17.9. The van der Waals surface area contributed by atoms with Gasteiger partial charge >= 0.3 is 0 Å². The van der Waals surface area contributed by atoms with E-state index in [0.717, 1.165) is 72.4 Å². The molecule has 0 aliphatic rings. The summed E-state index contributed by atoms with van der Waals surface area (Å²) in [6.45, 7) is 6.02. The number of rotatable bonds is 7. The van der Waals surface area contributed by atoms with E-state index in [1.54, 1.807) is 0 Å². The molecule has 0 spiro atoms. The minimum Gasteiger partial charge on any atom is -0.261 e. The van der Waals surface area contributed by atoms with Crippen LogP contribution in [0.1, 0.15) is 5.69 Å². The van der Waals surface area contributed by atoms with Gasteiger partial charge in [-0.3, -0.25) is 4.98 Å². The predicted molar refractivity (Wildman–Crippen MR) is 222 cm³/mol. The highest BCUT2D eigenvalue weighted by atomic mass is 14.9. The van der Waals surface area contributed by atoms with Crippen molar-refractivity contribution in [2.45, 2.75) is 6.92 Å². The molecule has 0 N–H and O–H groups in total. The summed E-state index contributed by atoms with van der Waals surface area (Å²) in [7, 11) is 0. The molecule has 250 valence electrons. The summed E-state index contributed by atoms with van der Waals surface area (Å²) in [5.74, 6) is 0.678. The Morgan fingerprint density at radius 2 is 1.15 bits per heavy atom. The first kappa shape index (κ1) is 32.0. The number of hydrogen-bond acceptors (Lipinski definition) is 3. The maximum atomic E-state index is 5.23. The van der Waals surface area contributed by atoms with Gasteiger partial charge in [0.2, 0.25) is 0 Å². The van der Waals surface area contributed by atoms with E-state index in [2.05, 4.69) is 170 Å². The molecule has 0 unspecified atom stereocenters. The summed E-state index contributed by atoms with van der Waals surface area (Å²) in [6, 6.07) is 57.9. The molecule has 3 nitrogen and oxygen atoms in total. The van der Waals surface area contributed by atoms with E-state index in [-0.39, 0.29) is 0 Å². The fourth-order valence-electron chi connectivity index (χ4n) is 7.41. The van der Waals surface area contributed by atoms with Crippen molar-refractivity contribution in [1.82, 2.24) is 15.0 Å². The molecule has 2 heterocycles. The third kappa shape index (κ3) is 6.09. The van der Waals surface area contributed by atoms with Crippen LogP contribution in [0.4, 0.5) is 0 Å². The SMILES string of the molecule is C=C/C=c1/ccc2cccc3c(-c4cc(-c5ccc(-c6cccnc6C)cc5)cc(-c5nc(-c6ccccc6)cc(-c6ccccc6)n5)c4)ccc1c23. The molecule has 0 radical (unpaired) electrons. The molecule has 0 saturated carbocycles. The zero-order valence-corrected chi connectivity index (χ0v) is 29.4. The lowest BCUT2D eigenvalue weighted by Gasteiger charge is -2.16. The van der Waals surface area contributed by atoms with Gasteiger partial charge in [-0.1, -0.05) is 152 Å². The van der Waals surface area contributed by atoms with Gasteiger partial charge in [-0.25, -0.2) is 9.97 Å². The molecule has 0 bridgehead atoms. The number of hydrogen-bond donors (Lipinski definition) is 0. The lowest BCUT2D eigenvalue weighted by molar-refractivity contribution is 1.18. The fraction of sp³-hybridized carbons (Fsp3) is 0.0200. The Kier molecular flexibility index (Phi) is 8.22. The molecule has 0 atom stereocenters. The quantitative estimate of drug-likeness (QED) is 0.169. The highest BCUT2D eigenvalue weighted by Crippen LogP contribution is 2.39. The third-order valence-corrected chi connectivity index (χ3v) is 10.0. The molecule has 0 saturated heterocycles. The molecule has 7 aromatic carbocycles. The molecule has 9 aromatic rings. The van der Waals surface area contributed by atoms with Crippen molar-refractivity contribution in [3.8, 4) is 67.3 Å². The van der Waals surface area contributed by atoms with E-state index in [1.807, 2.05) is 30.5 Å². The van der Waals surface area contributed by atoms with Crippen LogP contribution < -0.4 is 5.22 Å². The second-order valence-electron chi connectivity index (χ2n) is 13.3. The van der Waals surface area contributed by atoms with Crippen LogP contribution in [0.25, 0.3) is 94.9 Å². The third-order valence-electron chi connectivity index (χ3n) is 10.0. The molecule has 2 aromatic heterocycles. The van der Waals surface area contributed by atoms with Crippen LogP contribution in [0.5, 0.6) is 0 Å². The number of benzene rings is 7. The number of allylic oxidation sites excluding steroid dienone is 1. The van der Waals surface area contributed by atoms with Crippen molar-refractivity contribution in [3.63, 3.8) is 0 Å². The van der Waals surface area contributed by atoms with Gasteiger partial charge in [-0.05, 0) is 91.8 Å². The summed E-state index contributed by atoms with van der Waals surface area (Å²) in [6.07, 6.45) is 5.78. The second-order valence-corrected chi connectivity index (χ2v) is 13.3. The van der Waals surface area contributed by atoms with E-state index in [9.17, 15) is 0 Å². The molecular formula is C50H35N3. The van der Waals surface area contributed by atoms with Gasteiger partial charge in [0, 0.05) is 34.1 Å². The molecule has 0 aliphatic heterocycles. The first-order chi connectivity index (χ1) is 26.1. The van der Waals surface area contributed by atoms with Gasteiger partial charge in [-0.2, -0.15) is 0 Å². The minimum absolute atomic E-state index is 0.678. The topological polar surface area (TPSA) is 38.7 Å². The van der Waals surface area contributed by atoms with Crippen molar-refractivity contribution in [3.05, 3.63) is 194 Å². The minimum atomic E-state index is 0.678. The highest BCUT2D eigenvalue weighted by Gasteiger charge is 2.16. The Bertz CT molecular complexity index is 2780. The van der Waals surface area contributed by atoms with Gasteiger partial charge in [0.05, 0.1) is 11.4 Å². The molecule has 3 heteroatoms. The number of pyridine rings is 1. The normalized spacial score (nSPS) is 11.7. The van der Waals surface area contributed by atoms with Crippen molar-refractivity contribution in [2.24, 2.45) is 0 Å². The first-order valence-electron chi connectivity index (χ1n) is 17.9. The molecule has 0 fully saturated rings. The Hall–Kier alpha value is -6.97. The summed E-state index contributed by atoms with van der Waals surface area (Å²) in [5.41, 5.74) is 12.6. The van der Waals surface area contributed by atoms with E-state index >= 15 is 0 Å². The van der Waals surface area contributed by atoms with Crippen LogP contribution in [0.3, 0.4) is 0 Å². The summed E-state index contributed by atoms with van der Waals surface area (Å²) in [5, 5.41) is 6.04. The lowest BCUT2D eigenvalue weighted by Crippen LogP contribution is -2.01. The Morgan fingerprint density at radius 1 is 0.472 bits per heavy atom.